The molecule has 0 aliphatic carbocycles. The van der Waals surface area contributed by atoms with Crippen LogP contribution in [0.3, 0.4) is 0 Å². The number of allylic oxidation sites excluding steroid dienone is 2. The minimum Gasteiger partial charge on any atom is -0.512 e. The van der Waals surface area contributed by atoms with Crippen LogP contribution in [0, 0.1) is 23.8 Å². The molecule has 1 N–H and O–H groups in total. The fraction of sp³-hybridized carbons (Fsp3) is 0.429. The zero-order chi connectivity index (χ0) is 35.0. The summed E-state index contributed by atoms with van der Waals surface area (Å²) in [5, 5.41) is 15.5. The predicted molar refractivity (Wildman–Crippen MR) is 204 cm³/mol. The van der Waals surface area contributed by atoms with Gasteiger partial charge in [0.15, 0.2) is 5.78 Å². The van der Waals surface area contributed by atoms with Crippen molar-refractivity contribution < 1.29 is 30.0 Å². The van der Waals surface area contributed by atoms with E-state index in [2.05, 4.69) is 98.5 Å². The number of nitrogens with zero attached hydrogens (tertiary/aromatic N) is 3. The molecule has 0 aliphatic heterocycles. The molecular formula is C42H52IrN3O2S-. The number of hydrogen-bond donors (Lipinski definition) is 1. The summed E-state index contributed by atoms with van der Waals surface area (Å²) in [5.41, 5.74) is 6.31. The maximum atomic E-state index is 11.7. The first-order chi connectivity index (χ1) is 22.9. The molecular weight excluding hydrogens is 803 g/mol. The number of aliphatic hydroxyl groups excluding tert-OH is 1. The number of aromatic nitrogens is 3. The normalized spacial score (nSPS) is 12.0. The largest absolute Gasteiger partial charge is 0.512 e. The molecule has 0 saturated carbocycles. The van der Waals surface area contributed by atoms with Crippen LogP contribution >= 0.6 is 11.3 Å². The molecule has 2 aromatic carbocycles. The Bertz CT molecular complexity index is 1860. The van der Waals surface area contributed by atoms with Crippen LogP contribution in [0.5, 0.6) is 0 Å². The maximum Gasteiger partial charge on any atom is 0.162 e. The number of hydrogen-bond acceptors (Lipinski definition) is 6. The molecule has 5 aromatic rings. The second-order valence-corrected chi connectivity index (χ2v) is 15.0. The SMILES string of the molecule is CC(C)Cc1ncc(-c2cc(-c3[c-]c4ccccc4c(C(C)(C)C)c3)ncn2)c2ccsc12.CCC(CC)C(=O)/C=C(\O)C(CC)CC.[Ir]. The molecule has 3 aromatic heterocycles. The minimum absolute atomic E-state index is 0. The van der Waals surface area contributed by atoms with Crippen LogP contribution in [0.1, 0.15) is 99.3 Å². The molecule has 7 heteroatoms. The number of pyridine rings is 1. The van der Waals surface area contributed by atoms with Crippen molar-refractivity contribution in [3.8, 4) is 22.5 Å². The molecule has 49 heavy (non-hydrogen) atoms. The van der Waals surface area contributed by atoms with E-state index in [1.165, 1.54) is 32.8 Å². The number of fused-ring (bicyclic) bond motifs is 2. The van der Waals surface area contributed by atoms with Crippen LogP contribution < -0.4 is 0 Å². The van der Waals surface area contributed by atoms with Gasteiger partial charge in [-0.2, -0.15) is 0 Å². The van der Waals surface area contributed by atoms with E-state index < -0.39 is 0 Å². The van der Waals surface area contributed by atoms with Crippen molar-refractivity contribution in [1.82, 2.24) is 15.0 Å². The molecule has 0 unspecified atom stereocenters. The zero-order valence-corrected chi connectivity index (χ0v) is 33.8. The van der Waals surface area contributed by atoms with Gasteiger partial charge in [-0.1, -0.05) is 91.5 Å². The molecule has 0 fully saturated rings. The van der Waals surface area contributed by atoms with Gasteiger partial charge in [-0.25, -0.2) is 4.98 Å². The van der Waals surface area contributed by atoms with Crippen molar-refractivity contribution in [2.75, 3.05) is 0 Å². The summed E-state index contributed by atoms with van der Waals surface area (Å²) in [6.45, 7) is 19.3. The first kappa shape index (κ1) is 40.2. The zero-order valence-electron chi connectivity index (χ0n) is 30.6. The second kappa shape index (κ2) is 18.1. The molecule has 0 bridgehead atoms. The Morgan fingerprint density at radius 3 is 2.18 bits per heavy atom. The number of aliphatic hydroxyl groups is 1. The number of rotatable bonds is 11. The van der Waals surface area contributed by atoms with Gasteiger partial charge in [-0.15, -0.1) is 40.5 Å². The molecule has 0 atom stereocenters. The van der Waals surface area contributed by atoms with E-state index in [1.807, 2.05) is 33.9 Å². The van der Waals surface area contributed by atoms with Crippen LogP contribution in [0.15, 0.2) is 72.2 Å². The Hall–Kier alpha value is -3.25. The molecule has 263 valence electrons. The molecule has 5 nitrogen and oxygen atoms in total. The van der Waals surface area contributed by atoms with Gasteiger partial charge in [0.2, 0.25) is 0 Å². The molecule has 0 spiro atoms. The standard InChI is InChI=1S/C29H28N3S.C13H24O2.Ir/c1-18(2)12-27-28-22(10-11-33-28)23(16-30-27)26-15-25(31-17-32-26)20-13-19-8-6-7-9-21(19)24(14-20)29(3,4)5;1-5-10(6-2)12(14)9-13(15)11(7-3)8-4;/h6-11,14-18H,12H2,1-5H3;9-11,14H,5-8H2,1-4H3;/q-1;;/b;12-9-;. The fourth-order valence-corrected chi connectivity index (χ4v) is 7.09. The average Bonchev–Trinajstić information content (AvgIpc) is 3.56. The maximum absolute atomic E-state index is 11.7. The summed E-state index contributed by atoms with van der Waals surface area (Å²) in [4.78, 5) is 25.8. The molecule has 5 rings (SSSR count). The van der Waals surface area contributed by atoms with Gasteiger partial charge < -0.3 is 5.11 Å². The van der Waals surface area contributed by atoms with Crippen molar-refractivity contribution in [2.45, 2.75) is 99.8 Å². The van der Waals surface area contributed by atoms with Crippen LogP contribution in [0.4, 0.5) is 0 Å². The number of ketones is 1. The quantitative estimate of drug-likeness (QED) is 0.0814. The summed E-state index contributed by atoms with van der Waals surface area (Å²) in [6.07, 6.45) is 9.52. The molecule has 0 saturated heterocycles. The molecule has 0 amide bonds. The van der Waals surface area contributed by atoms with Crippen molar-refractivity contribution in [2.24, 2.45) is 17.8 Å². The van der Waals surface area contributed by atoms with Crippen LogP contribution in [0.25, 0.3) is 43.4 Å². The molecule has 1 radical (unpaired) electrons. The van der Waals surface area contributed by atoms with E-state index in [-0.39, 0.29) is 48.9 Å². The predicted octanol–water partition coefficient (Wildman–Crippen LogP) is 11.7. The minimum atomic E-state index is 0. The third-order valence-electron chi connectivity index (χ3n) is 9.05. The smallest absolute Gasteiger partial charge is 0.162 e. The van der Waals surface area contributed by atoms with Crippen LogP contribution in [-0.4, -0.2) is 25.8 Å². The second-order valence-electron chi connectivity index (χ2n) is 14.1. The fourth-order valence-electron chi connectivity index (χ4n) is 6.17. The third kappa shape index (κ3) is 9.93. The van der Waals surface area contributed by atoms with Crippen molar-refractivity contribution >= 4 is 38.0 Å². The van der Waals surface area contributed by atoms with Crippen molar-refractivity contribution in [3.63, 3.8) is 0 Å². The van der Waals surface area contributed by atoms with E-state index in [1.54, 1.807) is 17.7 Å². The Kier molecular flexibility index (Phi) is 14.9. The van der Waals surface area contributed by atoms with Gasteiger partial charge in [0.05, 0.1) is 21.8 Å². The van der Waals surface area contributed by atoms with Gasteiger partial charge >= 0.3 is 0 Å². The summed E-state index contributed by atoms with van der Waals surface area (Å²) < 4.78 is 1.26. The van der Waals surface area contributed by atoms with Gasteiger partial charge in [0, 0.05) is 60.9 Å². The summed E-state index contributed by atoms with van der Waals surface area (Å²) >= 11 is 1.76. The number of carbonyl (C=O) groups excluding carboxylic acids is 1. The van der Waals surface area contributed by atoms with Crippen LogP contribution in [0.2, 0.25) is 0 Å². The van der Waals surface area contributed by atoms with Crippen LogP contribution in [-0.2, 0) is 36.7 Å². The Balaban J connectivity index is 0.000000347. The van der Waals surface area contributed by atoms with Gasteiger partial charge in [0.25, 0.3) is 0 Å². The molecule has 0 aliphatic rings. The number of thiophene rings is 1. The van der Waals surface area contributed by atoms with E-state index in [0.717, 1.165) is 60.0 Å². The van der Waals surface area contributed by atoms with E-state index >= 15 is 0 Å². The van der Waals surface area contributed by atoms with Crippen molar-refractivity contribution in [3.05, 3.63) is 89.5 Å². The summed E-state index contributed by atoms with van der Waals surface area (Å²) in [5.74, 6) is 1.12. The van der Waals surface area contributed by atoms with Gasteiger partial charge in [0.1, 0.15) is 6.33 Å². The Morgan fingerprint density at radius 2 is 1.55 bits per heavy atom. The van der Waals surface area contributed by atoms with E-state index in [9.17, 15) is 9.90 Å². The monoisotopic (exact) mass is 855 g/mol. The van der Waals surface area contributed by atoms with Gasteiger partial charge in [-0.3, -0.25) is 14.8 Å². The van der Waals surface area contributed by atoms with Gasteiger partial charge in [-0.05, 0) is 60.9 Å². The number of carbonyl (C=O) groups is 1. The third-order valence-corrected chi connectivity index (χ3v) is 10.0. The average molecular weight is 855 g/mol. The summed E-state index contributed by atoms with van der Waals surface area (Å²) in [7, 11) is 0. The topological polar surface area (TPSA) is 76.0 Å². The number of benzene rings is 2. The first-order valence-electron chi connectivity index (χ1n) is 17.5. The summed E-state index contributed by atoms with van der Waals surface area (Å²) in [6, 6.07) is 18.6. The van der Waals surface area contributed by atoms with E-state index in [4.69, 9.17) is 4.98 Å². The van der Waals surface area contributed by atoms with E-state index in [0.29, 0.717) is 5.92 Å². The Labute approximate surface area is 311 Å². The Morgan fingerprint density at radius 1 is 0.898 bits per heavy atom. The first-order valence-corrected chi connectivity index (χ1v) is 18.4. The van der Waals surface area contributed by atoms with Crippen molar-refractivity contribution in [1.29, 1.82) is 0 Å². The molecule has 3 heterocycles.